The highest BCUT2D eigenvalue weighted by atomic mass is 32.2. The van der Waals surface area contributed by atoms with Crippen LogP contribution in [0.2, 0.25) is 0 Å². The van der Waals surface area contributed by atoms with Crippen LogP contribution in [0.1, 0.15) is 6.42 Å². The van der Waals surface area contributed by atoms with Gasteiger partial charge in [0.1, 0.15) is 5.75 Å². The molecule has 0 saturated carbocycles. The van der Waals surface area contributed by atoms with Gasteiger partial charge in [-0.05, 0) is 18.6 Å². The largest absolute Gasteiger partial charge is 0.484 e. The summed E-state index contributed by atoms with van der Waals surface area (Å²) in [4.78, 5) is 11.8. The lowest BCUT2D eigenvalue weighted by molar-refractivity contribution is -0.118. The number of benzene rings is 1. The lowest BCUT2D eigenvalue weighted by Gasteiger charge is -2.14. The van der Waals surface area contributed by atoms with E-state index >= 15 is 0 Å². The van der Waals surface area contributed by atoms with Crippen molar-refractivity contribution < 1.29 is 9.53 Å². The van der Waals surface area contributed by atoms with E-state index in [4.69, 9.17) is 4.74 Å². The van der Waals surface area contributed by atoms with Crippen molar-refractivity contribution in [1.29, 1.82) is 0 Å². The molecule has 0 fully saturated rings. The summed E-state index contributed by atoms with van der Waals surface area (Å²) in [5.74, 6) is 1.97. The maximum atomic E-state index is 11.8. The summed E-state index contributed by atoms with van der Waals surface area (Å²) in [6.45, 7) is 0.795. The average Bonchev–Trinajstić information content (AvgIpc) is 2.90. The molecule has 0 radical (unpaired) electrons. The minimum atomic E-state index is -0.236. The molecule has 0 unspecified atom stereocenters. The monoisotopic (exact) mass is 290 g/mol. The number of fused-ring (bicyclic) bond motifs is 1. The van der Waals surface area contributed by atoms with Gasteiger partial charge in [0.05, 0.1) is 0 Å². The maximum Gasteiger partial charge on any atom is 0.264 e. The number of ether oxygens (including phenoxy) is 1. The third kappa shape index (κ3) is 2.93. The quantitative estimate of drug-likeness (QED) is 0.929. The first kappa shape index (κ1) is 13.0. The third-order valence-electron chi connectivity index (χ3n) is 2.84. The lowest BCUT2D eigenvalue weighted by atomic mass is 10.3. The van der Waals surface area contributed by atoms with Gasteiger partial charge in [-0.3, -0.25) is 14.7 Å². The standard InChI is InChI=1S/C13H14N4O2S/c18-11(9-19-10-5-2-1-3-6-10)14-12-15-16-13-17(12)7-4-8-20-13/h1-3,5-6H,4,7-9H2,(H,14,15,18). The zero-order valence-corrected chi connectivity index (χ0v) is 11.6. The number of aromatic nitrogens is 3. The smallest absolute Gasteiger partial charge is 0.264 e. The second-order valence-electron chi connectivity index (χ2n) is 4.31. The number of anilines is 1. The first-order valence-electron chi connectivity index (χ1n) is 6.36. The Morgan fingerprint density at radius 3 is 3.05 bits per heavy atom. The molecule has 1 aromatic heterocycles. The Morgan fingerprint density at radius 1 is 1.35 bits per heavy atom. The highest BCUT2D eigenvalue weighted by Gasteiger charge is 2.17. The average molecular weight is 290 g/mol. The van der Waals surface area contributed by atoms with Gasteiger partial charge in [-0.2, -0.15) is 0 Å². The van der Waals surface area contributed by atoms with E-state index in [1.54, 1.807) is 11.8 Å². The molecule has 0 aliphatic carbocycles. The minimum Gasteiger partial charge on any atom is -0.484 e. The Balaban J connectivity index is 1.58. The van der Waals surface area contributed by atoms with Crippen molar-refractivity contribution in [2.24, 2.45) is 0 Å². The predicted molar refractivity (Wildman–Crippen MR) is 75.9 cm³/mol. The van der Waals surface area contributed by atoms with Gasteiger partial charge in [0.15, 0.2) is 11.8 Å². The number of nitrogens with zero attached hydrogens (tertiary/aromatic N) is 3. The highest BCUT2D eigenvalue weighted by Crippen LogP contribution is 2.25. The Bertz CT molecular complexity index is 600. The summed E-state index contributed by atoms with van der Waals surface area (Å²) in [6.07, 6.45) is 1.05. The van der Waals surface area contributed by atoms with E-state index in [-0.39, 0.29) is 12.5 Å². The SMILES string of the molecule is O=C(COc1ccccc1)Nc1nnc2n1CCCS2. The van der Waals surface area contributed by atoms with Crippen LogP contribution in [0.4, 0.5) is 5.95 Å². The fourth-order valence-electron chi connectivity index (χ4n) is 1.90. The normalized spacial score (nSPS) is 13.6. The van der Waals surface area contributed by atoms with E-state index in [1.165, 1.54) is 0 Å². The predicted octanol–water partition coefficient (Wildman–Crippen LogP) is 1.79. The number of hydrogen-bond donors (Lipinski definition) is 1. The molecule has 6 nitrogen and oxygen atoms in total. The number of carbonyl (C=O) groups excluding carboxylic acids is 1. The maximum absolute atomic E-state index is 11.8. The van der Waals surface area contributed by atoms with Crippen molar-refractivity contribution in [3.8, 4) is 5.75 Å². The van der Waals surface area contributed by atoms with Gasteiger partial charge < -0.3 is 4.74 Å². The minimum absolute atomic E-state index is 0.0423. The lowest BCUT2D eigenvalue weighted by Crippen LogP contribution is -2.23. The summed E-state index contributed by atoms with van der Waals surface area (Å²) >= 11 is 1.65. The summed E-state index contributed by atoms with van der Waals surface area (Å²) in [5.41, 5.74) is 0. The molecule has 0 bridgehead atoms. The molecule has 1 aliphatic heterocycles. The highest BCUT2D eigenvalue weighted by molar-refractivity contribution is 7.99. The molecule has 1 aromatic carbocycles. The van der Waals surface area contributed by atoms with Gasteiger partial charge >= 0.3 is 0 Å². The zero-order chi connectivity index (χ0) is 13.8. The molecule has 1 amide bonds. The summed E-state index contributed by atoms with van der Waals surface area (Å²) in [6, 6.07) is 9.23. The summed E-state index contributed by atoms with van der Waals surface area (Å²) in [7, 11) is 0. The Morgan fingerprint density at radius 2 is 2.20 bits per heavy atom. The molecule has 0 spiro atoms. The molecule has 3 rings (SSSR count). The van der Waals surface area contributed by atoms with Gasteiger partial charge in [-0.25, -0.2) is 0 Å². The topological polar surface area (TPSA) is 69.0 Å². The van der Waals surface area contributed by atoms with Crippen molar-refractivity contribution in [3.05, 3.63) is 30.3 Å². The van der Waals surface area contributed by atoms with Crippen molar-refractivity contribution in [2.75, 3.05) is 17.7 Å². The van der Waals surface area contributed by atoms with Crippen LogP contribution < -0.4 is 10.1 Å². The third-order valence-corrected chi connectivity index (χ3v) is 3.89. The van der Waals surface area contributed by atoms with Crippen molar-refractivity contribution >= 4 is 23.6 Å². The number of carbonyl (C=O) groups is 1. The van der Waals surface area contributed by atoms with Gasteiger partial charge in [-0.15, -0.1) is 10.2 Å². The molecule has 104 valence electrons. The molecule has 0 saturated heterocycles. The number of hydrogen-bond acceptors (Lipinski definition) is 5. The Labute approximate surface area is 120 Å². The van der Waals surface area contributed by atoms with Gasteiger partial charge in [0.25, 0.3) is 5.91 Å². The second kappa shape index (κ2) is 5.96. The Kier molecular flexibility index (Phi) is 3.87. The van der Waals surface area contributed by atoms with Crippen LogP contribution >= 0.6 is 11.8 Å². The van der Waals surface area contributed by atoms with Gasteiger partial charge in [0, 0.05) is 12.3 Å². The molecule has 0 atom stereocenters. The zero-order valence-electron chi connectivity index (χ0n) is 10.8. The van der Waals surface area contributed by atoms with Gasteiger partial charge in [0.2, 0.25) is 5.95 Å². The molecule has 2 heterocycles. The first-order valence-corrected chi connectivity index (χ1v) is 7.35. The molecule has 7 heteroatoms. The summed E-state index contributed by atoms with van der Waals surface area (Å²) < 4.78 is 7.31. The van der Waals surface area contributed by atoms with Crippen LogP contribution in [0.25, 0.3) is 0 Å². The molecular formula is C13H14N4O2S. The van der Waals surface area contributed by atoms with E-state index in [2.05, 4.69) is 15.5 Å². The van der Waals surface area contributed by atoms with E-state index in [0.717, 1.165) is 23.9 Å². The number of rotatable bonds is 4. The van der Waals surface area contributed by atoms with Crippen molar-refractivity contribution in [2.45, 2.75) is 18.1 Å². The molecule has 1 N–H and O–H groups in total. The van der Waals surface area contributed by atoms with E-state index in [0.29, 0.717) is 11.7 Å². The van der Waals surface area contributed by atoms with E-state index < -0.39 is 0 Å². The van der Waals surface area contributed by atoms with Crippen LogP contribution in [0, 0.1) is 0 Å². The van der Waals surface area contributed by atoms with Crippen LogP contribution in [0.15, 0.2) is 35.5 Å². The molecule has 2 aromatic rings. The van der Waals surface area contributed by atoms with E-state index in [1.807, 2.05) is 34.9 Å². The summed E-state index contributed by atoms with van der Waals surface area (Å²) in [5, 5.41) is 11.6. The van der Waals surface area contributed by atoms with Crippen LogP contribution in [-0.2, 0) is 11.3 Å². The number of para-hydroxylation sites is 1. The number of amides is 1. The number of nitrogens with one attached hydrogen (secondary N) is 1. The fraction of sp³-hybridized carbons (Fsp3) is 0.308. The second-order valence-corrected chi connectivity index (χ2v) is 5.37. The molecule has 1 aliphatic rings. The fourth-order valence-corrected chi connectivity index (χ4v) is 2.79. The van der Waals surface area contributed by atoms with Crippen molar-refractivity contribution in [3.63, 3.8) is 0 Å². The van der Waals surface area contributed by atoms with Crippen LogP contribution in [-0.4, -0.2) is 33.0 Å². The van der Waals surface area contributed by atoms with Crippen molar-refractivity contribution in [1.82, 2.24) is 14.8 Å². The number of thioether (sulfide) groups is 1. The first-order chi connectivity index (χ1) is 9.83. The van der Waals surface area contributed by atoms with Crippen LogP contribution in [0.3, 0.4) is 0 Å². The van der Waals surface area contributed by atoms with Crippen LogP contribution in [0.5, 0.6) is 5.75 Å². The molecule has 20 heavy (non-hydrogen) atoms. The Hall–Kier alpha value is -2.02. The molecular weight excluding hydrogens is 276 g/mol. The van der Waals surface area contributed by atoms with Gasteiger partial charge in [-0.1, -0.05) is 30.0 Å². The van der Waals surface area contributed by atoms with E-state index in [9.17, 15) is 4.79 Å².